The van der Waals surface area contributed by atoms with E-state index in [1.165, 1.54) is 11.8 Å². The quantitative estimate of drug-likeness (QED) is 0.684. The third-order valence-electron chi connectivity index (χ3n) is 5.12. The molecule has 0 N–H and O–H groups in total. The molecule has 0 spiro atoms. The van der Waals surface area contributed by atoms with Crippen molar-refractivity contribution in [3.05, 3.63) is 54.2 Å². The highest BCUT2D eigenvalue weighted by molar-refractivity contribution is 5.94. The molecule has 2 aromatic carbocycles. The number of carbonyl (C=O) groups excluding carboxylic acids is 1. The van der Waals surface area contributed by atoms with Crippen LogP contribution >= 0.6 is 0 Å². The topological polar surface area (TPSA) is 46.3 Å². The number of nitrogens with zero attached hydrogens (tertiary/aromatic N) is 2. The van der Waals surface area contributed by atoms with Crippen LogP contribution in [0, 0.1) is 0 Å². The number of benzene rings is 2. The average molecular weight is 334 g/mol. The maximum absolute atomic E-state index is 12.8. The second-order valence-corrected chi connectivity index (χ2v) is 6.69. The van der Waals surface area contributed by atoms with Crippen LogP contribution in [-0.2, 0) is 0 Å². The van der Waals surface area contributed by atoms with Crippen LogP contribution in [0.3, 0.4) is 0 Å². The van der Waals surface area contributed by atoms with Crippen molar-refractivity contribution < 1.29 is 9.32 Å². The van der Waals surface area contributed by atoms with Crippen LogP contribution in [0.25, 0.3) is 22.1 Å². The van der Waals surface area contributed by atoms with Crippen molar-refractivity contribution in [2.45, 2.75) is 38.6 Å². The SMILES string of the molecule is CC[C@H]1CCCCN1C(=O)c1cc(-c2ccc3ccccc3c2)on1. The maximum atomic E-state index is 12.8. The third-order valence-corrected chi connectivity index (χ3v) is 5.12. The molecule has 25 heavy (non-hydrogen) atoms. The number of carbonyl (C=O) groups is 1. The molecular formula is C21H22N2O2. The molecule has 1 aliphatic rings. The summed E-state index contributed by atoms with van der Waals surface area (Å²) in [7, 11) is 0. The summed E-state index contributed by atoms with van der Waals surface area (Å²) in [5.41, 5.74) is 1.35. The molecule has 4 rings (SSSR count). The van der Waals surface area contributed by atoms with Crippen molar-refractivity contribution >= 4 is 16.7 Å². The van der Waals surface area contributed by atoms with E-state index in [-0.39, 0.29) is 5.91 Å². The van der Waals surface area contributed by atoms with Gasteiger partial charge < -0.3 is 9.42 Å². The molecule has 3 aromatic rings. The standard InChI is InChI=1S/C21H22N2O2/c1-2-18-9-5-6-12-23(18)21(24)19-14-20(25-22-19)17-11-10-15-7-3-4-8-16(15)13-17/h3-4,7-8,10-11,13-14,18H,2,5-6,9,12H2,1H3/t18-/m0/s1. The number of fused-ring (bicyclic) bond motifs is 1. The number of hydrogen-bond acceptors (Lipinski definition) is 3. The Kier molecular flexibility index (Phi) is 4.26. The van der Waals surface area contributed by atoms with E-state index in [9.17, 15) is 4.79 Å². The fourth-order valence-corrected chi connectivity index (χ4v) is 3.69. The molecule has 0 radical (unpaired) electrons. The predicted octanol–water partition coefficient (Wildman–Crippen LogP) is 4.90. The van der Waals surface area contributed by atoms with Crippen LogP contribution in [0.5, 0.6) is 0 Å². The van der Waals surface area contributed by atoms with Crippen LogP contribution in [0.2, 0.25) is 0 Å². The summed E-state index contributed by atoms with van der Waals surface area (Å²) < 4.78 is 5.48. The Labute approximate surface area is 147 Å². The van der Waals surface area contributed by atoms with Gasteiger partial charge in [0.1, 0.15) is 0 Å². The minimum atomic E-state index is -0.0117. The number of aromatic nitrogens is 1. The maximum Gasteiger partial charge on any atom is 0.276 e. The van der Waals surface area contributed by atoms with Crippen molar-refractivity contribution in [2.24, 2.45) is 0 Å². The lowest BCUT2D eigenvalue weighted by Crippen LogP contribution is -2.43. The number of likely N-dealkylation sites (tertiary alicyclic amines) is 1. The first-order chi connectivity index (χ1) is 12.3. The highest BCUT2D eigenvalue weighted by Gasteiger charge is 2.28. The second-order valence-electron chi connectivity index (χ2n) is 6.69. The van der Waals surface area contributed by atoms with Gasteiger partial charge >= 0.3 is 0 Å². The van der Waals surface area contributed by atoms with Crippen molar-refractivity contribution in [3.8, 4) is 11.3 Å². The monoisotopic (exact) mass is 334 g/mol. The molecule has 1 aliphatic heterocycles. The second kappa shape index (κ2) is 6.71. The van der Waals surface area contributed by atoms with E-state index < -0.39 is 0 Å². The molecule has 128 valence electrons. The summed E-state index contributed by atoms with van der Waals surface area (Å²) in [6.45, 7) is 2.95. The molecule has 0 unspecified atom stereocenters. The van der Waals surface area contributed by atoms with Gasteiger partial charge in [-0.25, -0.2) is 0 Å². The Morgan fingerprint density at radius 2 is 2.00 bits per heavy atom. The molecule has 0 aliphatic carbocycles. The van der Waals surface area contributed by atoms with Gasteiger partial charge in [-0.3, -0.25) is 4.79 Å². The summed E-state index contributed by atoms with van der Waals surface area (Å²) in [4.78, 5) is 14.8. The highest BCUT2D eigenvalue weighted by atomic mass is 16.5. The van der Waals surface area contributed by atoms with Crippen molar-refractivity contribution in [1.82, 2.24) is 10.1 Å². The van der Waals surface area contributed by atoms with Gasteiger partial charge in [-0.1, -0.05) is 48.5 Å². The molecule has 1 saturated heterocycles. The zero-order valence-electron chi connectivity index (χ0n) is 14.4. The van der Waals surface area contributed by atoms with E-state index >= 15 is 0 Å². The predicted molar refractivity (Wildman–Crippen MR) is 98.4 cm³/mol. The number of amides is 1. The first kappa shape index (κ1) is 15.9. The molecule has 1 fully saturated rings. The fourth-order valence-electron chi connectivity index (χ4n) is 3.69. The van der Waals surface area contributed by atoms with Gasteiger partial charge in [0.15, 0.2) is 11.5 Å². The van der Waals surface area contributed by atoms with Gasteiger partial charge in [-0.05, 0) is 42.5 Å². The Morgan fingerprint density at radius 1 is 1.16 bits per heavy atom. The number of piperidine rings is 1. The van der Waals surface area contributed by atoms with Crippen molar-refractivity contribution in [1.29, 1.82) is 0 Å². The summed E-state index contributed by atoms with van der Waals surface area (Å²) in [6.07, 6.45) is 4.33. The van der Waals surface area contributed by atoms with Gasteiger partial charge in [0, 0.05) is 24.2 Å². The molecule has 2 heterocycles. The van der Waals surface area contributed by atoms with Crippen LogP contribution in [0.1, 0.15) is 43.1 Å². The zero-order chi connectivity index (χ0) is 17.2. The molecule has 1 amide bonds. The van der Waals surface area contributed by atoms with Gasteiger partial charge in [0.05, 0.1) is 0 Å². The van der Waals surface area contributed by atoms with Gasteiger partial charge in [-0.2, -0.15) is 0 Å². The number of hydrogen-bond donors (Lipinski definition) is 0. The van der Waals surface area contributed by atoms with Gasteiger partial charge in [-0.15, -0.1) is 0 Å². The lowest BCUT2D eigenvalue weighted by atomic mass is 9.99. The fraction of sp³-hybridized carbons (Fsp3) is 0.333. The first-order valence-corrected chi connectivity index (χ1v) is 9.03. The molecule has 0 saturated carbocycles. The smallest absolute Gasteiger partial charge is 0.276 e. The van der Waals surface area contributed by atoms with Gasteiger partial charge in [0.25, 0.3) is 5.91 Å². The van der Waals surface area contributed by atoms with Crippen LogP contribution < -0.4 is 0 Å². The lowest BCUT2D eigenvalue weighted by molar-refractivity contribution is 0.0597. The molecule has 4 heteroatoms. The summed E-state index contributed by atoms with van der Waals surface area (Å²) in [6, 6.07) is 16.4. The van der Waals surface area contributed by atoms with Crippen LogP contribution in [0.4, 0.5) is 0 Å². The van der Waals surface area contributed by atoms with E-state index in [0.717, 1.165) is 36.8 Å². The summed E-state index contributed by atoms with van der Waals surface area (Å²) >= 11 is 0. The average Bonchev–Trinajstić information content (AvgIpc) is 3.17. The minimum absolute atomic E-state index is 0.0117. The Hall–Kier alpha value is -2.62. The molecule has 1 atom stereocenters. The minimum Gasteiger partial charge on any atom is -0.355 e. The van der Waals surface area contributed by atoms with E-state index in [4.69, 9.17) is 4.52 Å². The molecule has 1 aromatic heterocycles. The molecule has 0 bridgehead atoms. The van der Waals surface area contributed by atoms with Crippen molar-refractivity contribution in [2.75, 3.05) is 6.54 Å². The van der Waals surface area contributed by atoms with Gasteiger partial charge in [0.2, 0.25) is 0 Å². The van der Waals surface area contributed by atoms with Crippen LogP contribution in [-0.4, -0.2) is 28.6 Å². The third kappa shape index (κ3) is 3.04. The number of rotatable bonds is 3. The molecular weight excluding hydrogens is 312 g/mol. The zero-order valence-corrected chi connectivity index (χ0v) is 14.4. The van der Waals surface area contributed by atoms with Crippen LogP contribution in [0.15, 0.2) is 53.1 Å². The Balaban J connectivity index is 1.61. The largest absolute Gasteiger partial charge is 0.355 e. The first-order valence-electron chi connectivity index (χ1n) is 9.03. The normalized spacial score (nSPS) is 17.8. The van der Waals surface area contributed by atoms with Crippen molar-refractivity contribution in [3.63, 3.8) is 0 Å². The van der Waals surface area contributed by atoms with E-state index in [0.29, 0.717) is 17.5 Å². The van der Waals surface area contributed by atoms with E-state index in [1.54, 1.807) is 6.07 Å². The lowest BCUT2D eigenvalue weighted by Gasteiger charge is -2.34. The molecule has 4 nitrogen and oxygen atoms in total. The van der Waals surface area contributed by atoms with E-state index in [2.05, 4.69) is 36.3 Å². The van der Waals surface area contributed by atoms with E-state index in [1.807, 2.05) is 23.1 Å². The Bertz CT molecular complexity index is 900. The Morgan fingerprint density at radius 3 is 2.84 bits per heavy atom. The summed E-state index contributed by atoms with van der Waals surface area (Å²) in [5.74, 6) is 0.626. The summed E-state index contributed by atoms with van der Waals surface area (Å²) in [5, 5.41) is 6.38. The highest BCUT2D eigenvalue weighted by Crippen LogP contribution is 2.27.